The van der Waals surface area contributed by atoms with Crippen molar-refractivity contribution in [2.75, 3.05) is 0 Å². The minimum atomic E-state index is -1.06. The zero-order valence-corrected chi connectivity index (χ0v) is 30.2. The van der Waals surface area contributed by atoms with Crippen LogP contribution in [0.15, 0.2) is 94.8 Å². The summed E-state index contributed by atoms with van der Waals surface area (Å²) in [6.45, 7) is 9.81. The zero-order chi connectivity index (χ0) is 38.6. The number of aromatic hydroxyl groups is 1. The van der Waals surface area contributed by atoms with Gasteiger partial charge in [-0.05, 0) is 50.5 Å². The molecule has 0 aromatic heterocycles. The van der Waals surface area contributed by atoms with Crippen LogP contribution in [0.5, 0.6) is 5.75 Å². The number of fused-ring (bicyclic) bond motifs is 1. The molecule has 0 unspecified atom stereocenters. The molecule has 1 aliphatic carbocycles. The molecule has 11 nitrogen and oxygen atoms in total. The van der Waals surface area contributed by atoms with Crippen LogP contribution in [-0.4, -0.2) is 73.1 Å². The van der Waals surface area contributed by atoms with Crippen molar-refractivity contribution in [3.05, 3.63) is 111 Å². The first-order valence-electron chi connectivity index (χ1n) is 16.3. The molecule has 0 fully saturated rings. The predicted molar refractivity (Wildman–Crippen MR) is 194 cm³/mol. The number of nitrogens with one attached hydrogen (secondary N) is 1. The minimum absolute atomic E-state index is 0.0235. The SMILES string of the molecule is C/C(=C\[C@H](C)[C@@H](O)[C@@H](C)/C=C/[C@@H](O)C/C=C(\C)C(=O)C[C@H](O)[C@@H](C)/C=C/C=C\C=C/C(=O)NC1=C(Cl)C(=O)c2cc(O)c(C)cc2C1=O)C(=O)O. The highest BCUT2D eigenvalue weighted by molar-refractivity contribution is 6.50. The van der Waals surface area contributed by atoms with E-state index in [4.69, 9.17) is 16.7 Å². The van der Waals surface area contributed by atoms with Crippen molar-refractivity contribution in [2.45, 2.75) is 72.7 Å². The third kappa shape index (κ3) is 12.6. The number of carbonyl (C=O) groups excluding carboxylic acids is 4. The Kier molecular flexibility index (Phi) is 16.4. The number of hydrogen-bond acceptors (Lipinski definition) is 9. The molecular weight excluding hydrogens is 678 g/mol. The van der Waals surface area contributed by atoms with Crippen molar-refractivity contribution in [3.63, 3.8) is 0 Å². The first kappa shape index (κ1) is 42.5. The van der Waals surface area contributed by atoms with Crippen LogP contribution in [0, 0.1) is 24.7 Å². The van der Waals surface area contributed by atoms with Gasteiger partial charge in [0.25, 0.3) is 0 Å². The van der Waals surface area contributed by atoms with Crippen LogP contribution in [0.4, 0.5) is 0 Å². The number of benzene rings is 1. The van der Waals surface area contributed by atoms with E-state index in [1.807, 2.05) is 0 Å². The number of hydrogen-bond donors (Lipinski definition) is 6. The molecule has 274 valence electrons. The summed E-state index contributed by atoms with van der Waals surface area (Å²) in [7, 11) is 0. The maximum absolute atomic E-state index is 12.9. The van der Waals surface area contributed by atoms with Gasteiger partial charge in [0, 0.05) is 47.0 Å². The molecule has 0 heterocycles. The fourth-order valence-corrected chi connectivity index (χ4v) is 5.18. The lowest BCUT2D eigenvalue weighted by molar-refractivity contribution is -0.132. The summed E-state index contributed by atoms with van der Waals surface area (Å²) >= 11 is 6.07. The van der Waals surface area contributed by atoms with Crippen LogP contribution >= 0.6 is 11.6 Å². The van der Waals surface area contributed by atoms with Gasteiger partial charge in [0.2, 0.25) is 17.5 Å². The lowest BCUT2D eigenvalue weighted by atomic mass is 9.90. The van der Waals surface area contributed by atoms with Crippen molar-refractivity contribution in [2.24, 2.45) is 17.8 Å². The van der Waals surface area contributed by atoms with E-state index < -0.39 is 58.6 Å². The van der Waals surface area contributed by atoms with Crippen molar-refractivity contribution in [1.29, 1.82) is 0 Å². The average Bonchev–Trinajstić information content (AvgIpc) is 3.08. The number of phenols is 1. The number of rotatable bonds is 17. The highest BCUT2D eigenvalue weighted by atomic mass is 35.5. The molecule has 0 radical (unpaired) electrons. The van der Waals surface area contributed by atoms with Crippen LogP contribution in [0.2, 0.25) is 0 Å². The first-order valence-corrected chi connectivity index (χ1v) is 16.7. The Balaban J connectivity index is 1.84. The van der Waals surface area contributed by atoms with Crippen LogP contribution in [0.3, 0.4) is 0 Å². The molecule has 6 N–H and O–H groups in total. The molecule has 1 aliphatic rings. The quantitative estimate of drug-likeness (QED) is 0.0707. The Morgan fingerprint density at radius 1 is 0.843 bits per heavy atom. The largest absolute Gasteiger partial charge is 0.508 e. The third-order valence-corrected chi connectivity index (χ3v) is 8.75. The van der Waals surface area contributed by atoms with E-state index in [1.54, 1.807) is 65.0 Å². The predicted octanol–water partition coefficient (Wildman–Crippen LogP) is 5.19. The number of allylic oxidation sites excluding steroid dienone is 7. The topological polar surface area (TPSA) is 199 Å². The molecule has 0 aliphatic heterocycles. The second kappa shape index (κ2) is 19.6. The number of halogens is 1. The van der Waals surface area contributed by atoms with E-state index in [-0.39, 0.29) is 52.7 Å². The van der Waals surface area contributed by atoms with Crippen molar-refractivity contribution in [3.8, 4) is 5.75 Å². The number of carbonyl (C=O) groups is 5. The van der Waals surface area contributed by atoms with Crippen molar-refractivity contribution >= 4 is 40.8 Å². The molecule has 0 spiro atoms. The molecule has 0 bridgehead atoms. The number of aliphatic carboxylic acids is 1. The third-order valence-electron chi connectivity index (χ3n) is 8.39. The Morgan fingerprint density at radius 3 is 2.12 bits per heavy atom. The molecule has 2 rings (SSSR count). The lowest BCUT2D eigenvalue weighted by Gasteiger charge is -2.21. The average molecular weight is 724 g/mol. The summed E-state index contributed by atoms with van der Waals surface area (Å²) in [6, 6.07) is 2.53. The second-order valence-corrected chi connectivity index (χ2v) is 13.0. The van der Waals surface area contributed by atoms with E-state index in [2.05, 4.69) is 5.32 Å². The maximum atomic E-state index is 12.9. The van der Waals surface area contributed by atoms with E-state index >= 15 is 0 Å². The summed E-state index contributed by atoms with van der Waals surface area (Å²) in [5.41, 5.74) is 0.519. The second-order valence-electron chi connectivity index (χ2n) is 12.6. The van der Waals surface area contributed by atoms with E-state index in [9.17, 15) is 44.4 Å². The molecule has 0 saturated carbocycles. The summed E-state index contributed by atoms with van der Waals surface area (Å²) in [5, 5.41) is 52.1. The maximum Gasteiger partial charge on any atom is 0.330 e. The highest BCUT2D eigenvalue weighted by Gasteiger charge is 2.33. The van der Waals surface area contributed by atoms with Crippen LogP contribution in [-0.2, 0) is 14.4 Å². The van der Waals surface area contributed by atoms with Crippen molar-refractivity contribution in [1.82, 2.24) is 5.32 Å². The van der Waals surface area contributed by atoms with Gasteiger partial charge in [-0.15, -0.1) is 0 Å². The number of aryl methyl sites for hydroxylation is 1. The number of phenolic OH excluding ortho intramolecular Hbond substituents is 1. The molecule has 0 saturated heterocycles. The van der Waals surface area contributed by atoms with Gasteiger partial charge >= 0.3 is 5.97 Å². The van der Waals surface area contributed by atoms with Crippen LogP contribution < -0.4 is 5.32 Å². The van der Waals surface area contributed by atoms with Gasteiger partial charge < -0.3 is 30.8 Å². The Hall–Kier alpha value is -4.68. The first-order chi connectivity index (χ1) is 23.8. The number of carboxylic acids is 1. The molecular formula is C39H46ClNO10. The number of amides is 1. The van der Waals surface area contributed by atoms with E-state index in [1.165, 1.54) is 43.4 Å². The molecule has 1 amide bonds. The Labute approximate surface area is 302 Å². The summed E-state index contributed by atoms with van der Waals surface area (Å²) in [4.78, 5) is 61.5. The number of aliphatic hydroxyl groups is 3. The molecule has 12 heteroatoms. The number of carboxylic acid groups (broad SMARTS) is 1. The van der Waals surface area contributed by atoms with Gasteiger partial charge in [-0.25, -0.2) is 4.79 Å². The van der Waals surface area contributed by atoms with E-state index in [0.29, 0.717) is 11.1 Å². The van der Waals surface area contributed by atoms with Gasteiger partial charge in [-0.1, -0.05) is 87.1 Å². The molecule has 51 heavy (non-hydrogen) atoms. The summed E-state index contributed by atoms with van der Waals surface area (Å²) < 4.78 is 0. The fourth-order valence-electron chi connectivity index (χ4n) is 4.94. The number of ketones is 3. The normalized spacial score (nSPS) is 18.0. The number of aliphatic hydroxyl groups excluding tert-OH is 3. The summed E-state index contributed by atoms with van der Waals surface area (Å²) in [6.07, 6.45) is 12.4. The van der Waals surface area contributed by atoms with Gasteiger partial charge in [-0.3, -0.25) is 19.2 Å². The van der Waals surface area contributed by atoms with Gasteiger partial charge in [-0.2, -0.15) is 0 Å². The van der Waals surface area contributed by atoms with Crippen LogP contribution in [0.25, 0.3) is 0 Å². The molecule has 6 atom stereocenters. The Morgan fingerprint density at radius 2 is 1.47 bits per heavy atom. The molecule has 1 aromatic carbocycles. The van der Waals surface area contributed by atoms with Crippen LogP contribution in [0.1, 0.15) is 73.7 Å². The van der Waals surface area contributed by atoms with E-state index in [0.717, 1.165) is 6.08 Å². The zero-order valence-electron chi connectivity index (χ0n) is 29.5. The van der Waals surface area contributed by atoms with Gasteiger partial charge in [0.05, 0.1) is 18.3 Å². The minimum Gasteiger partial charge on any atom is -0.508 e. The standard InChI is InChI=1S/C39H46ClNO10/c1-21(31(44)20-32(45)22(2)13-15-27(42)16-14-23(3)36(47)25(5)17-26(6)39(50)51)11-9-7-8-10-12-33(46)41-35-34(40)37(48)29-19-30(43)24(4)18-28(29)38(35)49/h7-14,16-19,21,23,25,27,31,36,42-44,47H,15,20H2,1-6H3,(H,41,46)(H,50,51)/b8-7-,11-9+,12-10-,16-14+,22-13+,26-17+/t21-,23-,25-,27-,31-,36-/m0/s1. The monoisotopic (exact) mass is 723 g/mol. The lowest BCUT2D eigenvalue weighted by Crippen LogP contribution is -2.32. The van der Waals surface area contributed by atoms with Gasteiger partial charge in [0.1, 0.15) is 16.5 Å². The summed E-state index contributed by atoms with van der Waals surface area (Å²) in [5.74, 6) is -4.72. The number of Topliss-reactive ketones (excluding diaryl/α,β-unsaturated/α-hetero) is 3. The molecule has 1 aromatic rings. The fraction of sp³-hybridized carbons (Fsp3) is 0.359. The van der Waals surface area contributed by atoms with Gasteiger partial charge in [0.15, 0.2) is 5.78 Å². The Bertz CT molecular complexity index is 1730. The highest BCUT2D eigenvalue weighted by Crippen LogP contribution is 2.31. The van der Waals surface area contributed by atoms with Crippen molar-refractivity contribution < 1.29 is 49.5 Å². The smallest absolute Gasteiger partial charge is 0.330 e.